The summed E-state index contributed by atoms with van der Waals surface area (Å²) in [6.45, 7) is 6.19. The van der Waals surface area contributed by atoms with Crippen molar-refractivity contribution in [2.24, 2.45) is 16.6 Å². The van der Waals surface area contributed by atoms with E-state index in [2.05, 4.69) is 26.9 Å². The number of nitrogens with one attached hydrogen (secondary N) is 1. The molecule has 0 spiro atoms. The highest BCUT2D eigenvalue weighted by Crippen LogP contribution is 2.29. The molecule has 9 heteroatoms. The van der Waals surface area contributed by atoms with Crippen LogP contribution in [-0.2, 0) is 0 Å². The summed E-state index contributed by atoms with van der Waals surface area (Å²) in [4.78, 5) is 6.65. The third-order valence-electron chi connectivity index (χ3n) is 4.42. The fourth-order valence-electron chi connectivity index (χ4n) is 2.89. The molecule has 0 bridgehead atoms. The first-order valence-electron chi connectivity index (χ1n) is 8.97. The van der Waals surface area contributed by atoms with E-state index >= 15 is 0 Å². The zero-order valence-corrected chi connectivity index (χ0v) is 17.8. The van der Waals surface area contributed by atoms with Gasteiger partial charge in [-0.3, -0.25) is 4.99 Å². The number of hydrogen-bond acceptors (Lipinski definition) is 3. The molecule has 27 heavy (non-hydrogen) atoms. The molecule has 1 aliphatic rings. The minimum atomic E-state index is -4.75. The lowest BCUT2D eigenvalue weighted by Gasteiger charge is -2.30. The van der Waals surface area contributed by atoms with Crippen molar-refractivity contribution in [3.05, 3.63) is 24.3 Å². The molecule has 0 unspecified atom stereocenters. The Morgan fingerprint density at radius 3 is 2.59 bits per heavy atom. The van der Waals surface area contributed by atoms with E-state index in [1.807, 2.05) is 0 Å². The molecule has 1 aromatic rings. The van der Waals surface area contributed by atoms with E-state index < -0.39 is 6.36 Å². The summed E-state index contributed by atoms with van der Waals surface area (Å²) in [5, 5.41) is 2.67. The van der Waals surface area contributed by atoms with E-state index in [-0.39, 0.29) is 41.4 Å². The highest BCUT2D eigenvalue weighted by Gasteiger charge is 2.32. The standard InChI is InChI=1S/C18H27F3N4O.HI/c1-14-8-12-25(13-9-14)11-5-4-10-23-17(22)24-15-6-2-3-7-16(15)26-18(19,20)21;/h2-3,6-7,14H,4-5,8-13H2,1H3,(H3,22,23,24);1H. The Hall–Kier alpha value is -1.23. The van der Waals surface area contributed by atoms with Crippen molar-refractivity contribution in [3.63, 3.8) is 0 Å². The summed E-state index contributed by atoms with van der Waals surface area (Å²) >= 11 is 0. The van der Waals surface area contributed by atoms with Crippen LogP contribution in [0, 0.1) is 5.92 Å². The Morgan fingerprint density at radius 1 is 1.26 bits per heavy atom. The fourth-order valence-corrected chi connectivity index (χ4v) is 2.89. The monoisotopic (exact) mass is 500 g/mol. The summed E-state index contributed by atoms with van der Waals surface area (Å²) < 4.78 is 41.2. The number of para-hydroxylation sites is 2. The predicted octanol–water partition coefficient (Wildman–Crippen LogP) is 4.44. The molecule has 0 saturated carbocycles. The van der Waals surface area contributed by atoms with E-state index in [9.17, 15) is 13.2 Å². The lowest BCUT2D eigenvalue weighted by molar-refractivity contribution is -0.274. The topological polar surface area (TPSA) is 62.9 Å². The molecule has 1 aliphatic heterocycles. The van der Waals surface area contributed by atoms with Gasteiger partial charge in [-0.1, -0.05) is 19.1 Å². The van der Waals surface area contributed by atoms with Crippen LogP contribution in [0.2, 0.25) is 0 Å². The largest absolute Gasteiger partial charge is 0.573 e. The maximum atomic E-state index is 12.4. The molecule has 3 N–H and O–H groups in total. The maximum absolute atomic E-state index is 12.4. The second-order valence-electron chi connectivity index (χ2n) is 6.67. The van der Waals surface area contributed by atoms with Gasteiger partial charge in [0.15, 0.2) is 11.7 Å². The average Bonchev–Trinajstić information content (AvgIpc) is 2.57. The van der Waals surface area contributed by atoms with Crippen molar-refractivity contribution in [2.45, 2.75) is 39.0 Å². The maximum Gasteiger partial charge on any atom is 0.573 e. The highest BCUT2D eigenvalue weighted by molar-refractivity contribution is 14.0. The molecule has 0 aromatic heterocycles. The molecule has 1 heterocycles. The minimum Gasteiger partial charge on any atom is -0.404 e. The van der Waals surface area contributed by atoms with Gasteiger partial charge in [-0.2, -0.15) is 0 Å². The Kier molecular flexibility index (Phi) is 10.2. The van der Waals surface area contributed by atoms with Gasteiger partial charge in [-0.05, 0) is 63.4 Å². The normalized spacial score (nSPS) is 16.7. The smallest absolute Gasteiger partial charge is 0.404 e. The van der Waals surface area contributed by atoms with Crippen LogP contribution in [0.1, 0.15) is 32.6 Å². The van der Waals surface area contributed by atoms with E-state index in [1.54, 1.807) is 6.07 Å². The van der Waals surface area contributed by atoms with Gasteiger partial charge in [0.1, 0.15) is 0 Å². The van der Waals surface area contributed by atoms with Crippen LogP contribution < -0.4 is 15.8 Å². The number of unbranched alkanes of at least 4 members (excludes halogenated alkanes) is 1. The second-order valence-corrected chi connectivity index (χ2v) is 6.67. The minimum absolute atomic E-state index is 0. The molecule has 154 valence electrons. The number of guanidine groups is 1. The summed E-state index contributed by atoms with van der Waals surface area (Å²) in [6.07, 6.45) is -0.327. The van der Waals surface area contributed by atoms with Crippen molar-refractivity contribution in [1.82, 2.24) is 4.90 Å². The van der Waals surface area contributed by atoms with E-state index in [0.29, 0.717) is 6.54 Å². The number of nitrogens with two attached hydrogens (primary N) is 1. The first kappa shape index (κ1) is 23.8. The van der Waals surface area contributed by atoms with Crippen LogP contribution in [-0.4, -0.2) is 43.4 Å². The third kappa shape index (κ3) is 9.50. The zero-order valence-electron chi connectivity index (χ0n) is 15.5. The Labute approximate surface area is 175 Å². The van der Waals surface area contributed by atoms with Crippen LogP contribution in [0.5, 0.6) is 5.75 Å². The van der Waals surface area contributed by atoms with E-state index in [1.165, 1.54) is 31.0 Å². The molecular weight excluding hydrogens is 472 g/mol. The number of nitrogens with zero attached hydrogens (tertiary/aromatic N) is 2. The average molecular weight is 500 g/mol. The van der Waals surface area contributed by atoms with Crippen LogP contribution in [0.25, 0.3) is 0 Å². The number of benzene rings is 1. The van der Waals surface area contributed by atoms with Gasteiger partial charge in [-0.25, -0.2) is 0 Å². The molecule has 1 saturated heterocycles. The molecule has 0 amide bonds. The summed E-state index contributed by atoms with van der Waals surface area (Å²) in [7, 11) is 0. The number of alkyl halides is 3. The number of halogens is 4. The van der Waals surface area contributed by atoms with Gasteiger partial charge in [0.25, 0.3) is 0 Å². The van der Waals surface area contributed by atoms with Crippen LogP contribution in [0.15, 0.2) is 29.3 Å². The molecule has 0 aliphatic carbocycles. The highest BCUT2D eigenvalue weighted by atomic mass is 127. The van der Waals surface area contributed by atoms with Gasteiger partial charge >= 0.3 is 6.36 Å². The van der Waals surface area contributed by atoms with Crippen molar-refractivity contribution in [2.75, 3.05) is 31.5 Å². The Bertz CT molecular complexity index is 590. The van der Waals surface area contributed by atoms with Gasteiger partial charge in [0.2, 0.25) is 0 Å². The predicted molar refractivity (Wildman–Crippen MR) is 113 cm³/mol. The number of ether oxygens (including phenoxy) is 1. The third-order valence-corrected chi connectivity index (χ3v) is 4.42. The number of likely N-dealkylation sites (tertiary alicyclic amines) is 1. The number of piperidine rings is 1. The van der Waals surface area contributed by atoms with Gasteiger partial charge < -0.3 is 20.7 Å². The molecule has 5 nitrogen and oxygen atoms in total. The summed E-state index contributed by atoms with van der Waals surface area (Å²) in [5.74, 6) is 0.568. The quantitative estimate of drug-likeness (QED) is 0.252. The van der Waals surface area contributed by atoms with Gasteiger partial charge in [0, 0.05) is 6.54 Å². The molecule has 0 atom stereocenters. The van der Waals surface area contributed by atoms with Crippen LogP contribution in [0.3, 0.4) is 0 Å². The van der Waals surface area contributed by atoms with Crippen molar-refractivity contribution in [1.29, 1.82) is 0 Å². The van der Waals surface area contributed by atoms with Crippen LogP contribution >= 0.6 is 24.0 Å². The first-order chi connectivity index (χ1) is 12.3. The van der Waals surface area contributed by atoms with Gasteiger partial charge in [0.05, 0.1) is 5.69 Å². The summed E-state index contributed by atoms with van der Waals surface area (Å²) in [6, 6.07) is 5.74. The number of hydrogen-bond donors (Lipinski definition) is 2. The molecule has 1 aromatic carbocycles. The lowest BCUT2D eigenvalue weighted by atomic mass is 9.99. The lowest BCUT2D eigenvalue weighted by Crippen LogP contribution is -2.33. The van der Waals surface area contributed by atoms with Gasteiger partial charge in [-0.15, -0.1) is 37.1 Å². The van der Waals surface area contributed by atoms with Crippen molar-refractivity contribution >= 4 is 35.6 Å². The first-order valence-corrected chi connectivity index (χ1v) is 8.97. The second kappa shape index (κ2) is 11.6. The fraction of sp³-hybridized carbons (Fsp3) is 0.611. The molecule has 1 fully saturated rings. The van der Waals surface area contributed by atoms with E-state index in [4.69, 9.17) is 5.73 Å². The SMILES string of the molecule is CC1CCN(CCCCN=C(N)Nc2ccccc2OC(F)(F)F)CC1.I. The van der Waals surface area contributed by atoms with Crippen LogP contribution in [0.4, 0.5) is 18.9 Å². The summed E-state index contributed by atoms with van der Waals surface area (Å²) in [5.41, 5.74) is 5.90. The van der Waals surface area contributed by atoms with E-state index in [0.717, 1.165) is 38.4 Å². The number of aliphatic imine (C=N–C) groups is 1. The van der Waals surface area contributed by atoms with Crippen molar-refractivity contribution in [3.8, 4) is 5.75 Å². The Balaban J connectivity index is 0.00000364. The Morgan fingerprint density at radius 2 is 1.93 bits per heavy atom. The number of anilines is 1. The zero-order chi connectivity index (χ0) is 19.0. The molecule has 2 rings (SSSR count). The molecular formula is C18H28F3IN4O. The molecule has 0 radical (unpaired) electrons. The number of rotatable bonds is 7. The van der Waals surface area contributed by atoms with Crippen molar-refractivity contribution < 1.29 is 17.9 Å².